The molecule has 4 heteroatoms. The van der Waals surface area contributed by atoms with Crippen molar-refractivity contribution in [1.29, 1.82) is 0 Å². The number of piperidine rings is 1. The number of rotatable bonds is 2. The second-order valence-electron chi connectivity index (χ2n) is 5.93. The normalized spacial score (nSPS) is 24.9. The minimum atomic E-state index is 0.615. The fraction of sp³-hybridized carbons (Fsp3) is 0.412. The second kappa shape index (κ2) is 5.45. The molecule has 21 heavy (non-hydrogen) atoms. The van der Waals surface area contributed by atoms with Gasteiger partial charge in [-0.05, 0) is 31.5 Å². The Balaban J connectivity index is 1.56. The Bertz CT molecular complexity index is 596. The summed E-state index contributed by atoms with van der Waals surface area (Å²) >= 11 is 0. The summed E-state index contributed by atoms with van der Waals surface area (Å²) < 4.78 is 0. The quantitative estimate of drug-likeness (QED) is 0.845. The van der Waals surface area contributed by atoms with Crippen LogP contribution in [0.25, 0.3) is 11.3 Å². The molecule has 2 atom stereocenters. The Morgan fingerprint density at radius 3 is 2.62 bits per heavy atom. The third kappa shape index (κ3) is 2.51. The third-order valence-corrected chi connectivity index (χ3v) is 4.59. The van der Waals surface area contributed by atoms with Crippen LogP contribution < -0.4 is 4.90 Å². The first-order valence-corrected chi connectivity index (χ1v) is 7.78. The van der Waals surface area contributed by atoms with Crippen molar-refractivity contribution in [3.8, 4) is 11.3 Å². The molecule has 0 amide bonds. The second-order valence-corrected chi connectivity index (χ2v) is 5.93. The van der Waals surface area contributed by atoms with E-state index in [1.165, 1.54) is 25.9 Å². The van der Waals surface area contributed by atoms with Crippen molar-refractivity contribution in [3.63, 3.8) is 0 Å². The number of benzene rings is 1. The topological polar surface area (TPSA) is 32.3 Å². The van der Waals surface area contributed by atoms with Crippen LogP contribution in [0.15, 0.2) is 42.5 Å². The Kier molecular flexibility index (Phi) is 3.31. The number of hydrogen-bond donors (Lipinski definition) is 0. The number of piperazine rings is 1. The minimum Gasteiger partial charge on any atom is -0.350 e. The van der Waals surface area contributed by atoms with Crippen molar-refractivity contribution in [2.24, 2.45) is 0 Å². The molecule has 2 aliphatic heterocycles. The maximum absolute atomic E-state index is 4.48. The standard InChI is InChI=1S/C17H20N4/c1-2-5-14(6-3-1)16-8-9-17(19-18-16)21-12-11-20-10-4-7-15(21)13-20/h1-3,5-6,8-9,15H,4,7,10-13H2. The predicted octanol–water partition coefficient (Wildman–Crippen LogP) is 2.43. The van der Waals surface area contributed by atoms with Crippen molar-refractivity contribution in [1.82, 2.24) is 15.1 Å². The molecule has 2 fully saturated rings. The fourth-order valence-electron chi connectivity index (χ4n) is 3.46. The van der Waals surface area contributed by atoms with Crippen molar-refractivity contribution < 1.29 is 0 Å². The van der Waals surface area contributed by atoms with Crippen LogP contribution in [-0.2, 0) is 0 Å². The van der Waals surface area contributed by atoms with Gasteiger partial charge in [-0.15, -0.1) is 10.2 Å². The van der Waals surface area contributed by atoms with Crippen LogP contribution in [0.2, 0.25) is 0 Å². The summed E-state index contributed by atoms with van der Waals surface area (Å²) in [7, 11) is 0. The molecule has 1 aromatic carbocycles. The summed E-state index contributed by atoms with van der Waals surface area (Å²) in [4.78, 5) is 5.01. The Morgan fingerprint density at radius 2 is 1.81 bits per heavy atom. The molecule has 3 heterocycles. The van der Waals surface area contributed by atoms with Gasteiger partial charge in [0.2, 0.25) is 0 Å². The van der Waals surface area contributed by atoms with Crippen LogP contribution in [0.1, 0.15) is 12.8 Å². The molecule has 0 aliphatic carbocycles. The van der Waals surface area contributed by atoms with Crippen LogP contribution in [0.5, 0.6) is 0 Å². The average Bonchev–Trinajstić information content (AvgIpc) is 2.56. The molecular weight excluding hydrogens is 260 g/mol. The molecule has 0 spiro atoms. The lowest BCUT2D eigenvalue weighted by atomic mass is 10.0. The summed E-state index contributed by atoms with van der Waals surface area (Å²) in [5.74, 6) is 1.03. The van der Waals surface area contributed by atoms with E-state index < -0.39 is 0 Å². The lowest BCUT2D eigenvalue weighted by Crippen LogP contribution is -2.56. The molecule has 4 nitrogen and oxygen atoms in total. The summed E-state index contributed by atoms with van der Waals surface area (Å²) in [6.07, 6.45) is 2.58. The first kappa shape index (κ1) is 12.8. The van der Waals surface area contributed by atoms with E-state index in [0.717, 1.165) is 30.2 Å². The van der Waals surface area contributed by atoms with Gasteiger partial charge in [0.05, 0.1) is 5.69 Å². The molecule has 2 bridgehead atoms. The van der Waals surface area contributed by atoms with Crippen molar-refractivity contribution in [3.05, 3.63) is 42.5 Å². The summed E-state index contributed by atoms with van der Waals surface area (Å²) in [6.45, 7) is 4.67. The molecular formula is C17H20N4. The highest BCUT2D eigenvalue weighted by Crippen LogP contribution is 2.25. The molecule has 2 aliphatic rings. The van der Waals surface area contributed by atoms with Gasteiger partial charge in [0.15, 0.2) is 5.82 Å². The molecule has 0 radical (unpaired) electrons. The largest absolute Gasteiger partial charge is 0.350 e. The zero-order chi connectivity index (χ0) is 14.1. The summed E-state index contributed by atoms with van der Waals surface area (Å²) in [6, 6.07) is 15.1. The van der Waals surface area contributed by atoms with Crippen molar-refractivity contribution in [2.45, 2.75) is 18.9 Å². The van der Waals surface area contributed by atoms with E-state index >= 15 is 0 Å². The molecule has 2 aromatic rings. The Labute approximate surface area is 125 Å². The summed E-state index contributed by atoms with van der Waals surface area (Å²) in [5, 5.41) is 8.91. The third-order valence-electron chi connectivity index (χ3n) is 4.59. The lowest BCUT2D eigenvalue weighted by Gasteiger charge is -2.45. The van der Waals surface area contributed by atoms with Crippen LogP contribution >= 0.6 is 0 Å². The Morgan fingerprint density at radius 1 is 0.905 bits per heavy atom. The van der Waals surface area contributed by atoms with Gasteiger partial charge in [0.25, 0.3) is 0 Å². The molecule has 108 valence electrons. The lowest BCUT2D eigenvalue weighted by molar-refractivity contribution is 0.173. The Hall–Kier alpha value is -1.94. The number of hydrogen-bond acceptors (Lipinski definition) is 4. The molecule has 4 rings (SSSR count). The van der Waals surface area contributed by atoms with Crippen molar-refractivity contribution >= 4 is 5.82 Å². The molecule has 0 saturated carbocycles. The van der Waals surface area contributed by atoms with Crippen LogP contribution in [0.4, 0.5) is 5.82 Å². The first-order chi connectivity index (χ1) is 10.4. The molecule has 1 aromatic heterocycles. The number of aromatic nitrogens is 2. The van der Waals surface area contributed by atoms with E-state index in [-0.39, 0.29) is 0 Å². The van der Waals surface area contributed by atoms with Crippen LogP contribution in [-0.4, -0.2) is 47.3 Å². The number of fused-ring (bicyclic) bond motifs is 2. The van der Waals surface area contributed by atoms with Crippen LogP contribution in [0.3, 0.4) is 0 Å². The van der Waals surface area contributed by atoms with E-state index in [1.807, 2.05) is 18.2 Å². The predicted molar refractivity (Wildman–Crippen MR) is 84.3 cm³/mol. The maximum atomic E-state index is 4.48. The maximum Gasteiger partial charge on any atom is 0.151 e. The van der Waals surface area contributed by atoms with Crippen molar-refractivity contribution in [2.75, 3.05) is 31.1 Å². The van der Waals surface area contributed by atoms with Gasteiger partial charge in [-0.1, -0.05) is 30.3 Å². The monoisotopic (exact) mass is 280 g/mol. The van der Waals surface area contributed by atoms with Crippen LogP contribution in [0, 0.1) is 0 Å². The SMILES string of the molecule is c1ccc(-c2ccc(N3CCN4CCCC3C4)nn2)cc1. The molecule has 2 unspecified atom stereocenters. The van der Waals surface area contributed by atoms with Gasteiger partial charge in [-0.2, -0.15) is 0 Å². The highest BCUT2D eigenvalue weighted by Gasteiger charge is 2.30. The highest BCUT2D eigenvalue weighted by atomic mass is 15.3. The van der Waals surface area contributed by atoms with Gasteiger partial charge in [-0.3, -0.25) is 4.90 Å². The highest BCUT2D eigenvalue weighted by molar-refractivity contribution is 5.59. The van der Waals surface area contributed by atoms with E-state index in [0.29, 0.717) is 6.04 Å². The minimum absolute atomic E-state index is 0.615. The van der Waals surface area contributed by atoms with Gasteiger partial charge >= 0.3 is 0 Å². The van der Waals surface area contributed by atoms with E-state index in [1.54, 1.807) is 0 Å². The zero-order valence-corrected chi connectivity index (χ0v) is 12.2. The smallest absolute Gasteiger partial charge is 0.151 e. The fourth-order valence-corrected chi connectivity index (χ4v) is 3.46. The average molecular weight is 280 g/mol. The molecule has 2 saturated heterocycles. The van der Waals surface area contributed by atoms with Gasteiger partial charge in [0, 0.05) is 31.2 Å². The zero-order valence-electron chi connectivity index (χ0n) is 12.2. The van der Waals surface area contributed by atoms with E-state index in [9.17, 15) is 0 Å². The van der Waals surface area contributed by atoms with Gasteiger partial charge in [0.1, 0.15) is 0 Å². The first-order valence-electron chi connectivity index (χ1n) is 7.78. The summed E-state index contributed by atoms with van der Waals surface area (Å²) in [5.41, 5.74) is 2.07. The number of anilines is 1. The molecule has 0 N–H and O–H groups in total. The van der Waals surface area contributed by atoms with E-state index in [4.69, 9.17) is 0 Å². The number of nitrogens with zero attached hydrogens (tertiary/aromatic N) is 4. The van der Waals surface area contributed by atoms with Gasteiger partial charge < -0.3 is 4.90 Å². The van der Waals surface area contributed by atoms with Gasteiger partial charge in [-0.25, -0.2) is 0 Å². The van der Waals surface area contributed by atoms with E-state index in [2.05, 4.69) is 44.3 Å².